The summed E-state index contributed by atoms with van der Waals surface area (Å²) in [6.45, 7) is 2.07. The van der Waals surface area contributed by atoms with Gasteiger partial charge in [0.2, 0.25) is 0 Å². The second kappa shape index (κ2) is 6.57. The molecule has 0 unspecified atom stereocenters. The summed E-state index contributed by atoms with van der Waals surface area (Å²) in [5.74, 6) is 0. The molecule has 1 atom stereocenters. The summed E-state index contributed by atoms with van der Waals surface area (Å²) in [7, 11) is 0. The molecule has 0 aliphatic carbocycles. The van der Waals surface area contributed by atoms with Crippen molar-refractivity contribution in [2.45, 2.75) is 13.1 Å². The van der Waals surface area contributed by atoms with Crippen LogP contribution in [0.3, 0.4) is 0 Å². The van der Waals surface area contributed by atoms with Crippen LogP contribution >= 0.6 is 11.6 Å². The van der Waals surface area contributed by atoms with Crippen molar-refractivity contribution in [3.8, 4) is 0 Å². The molecule has 4 rings (SSSR count). The van der Waals surface area contributed by atoms with E-state index in [-0.39, 0.29) is 6.17 Å². The summed E-state index contributed by atoms with van der Waals surface area (Å²) in [5.41, 5.74) is 5.07. The lowest BCUT2D eigenvalue weighted by Gasteiger charge is -2.21. The van der Waals surface area contributed by atoms with Crippen molar-refractivity contribution < 1.29 is 0 Å². The van der Waals surface area contributed by atoms with Gasteiger partial charge < -0.3 is 5.32 Å². The van der Waals surface area contributed by atoms with E-state index in [0.29, 0.717) is 5.02 Å². The van der Waals surface area contributed by atoms with Gasteiger partial charge in [0.15, 0.2) is 0 Å². The van der Waals surface area contributed by atoms with Gasteiger partial charge in [-0.25, -0.2) is 4.68 Å². The smallest absolute Gasteiger partial charge is 0.149 e. The van der Waals surface area contributed by atoms with Gasteiger partial charge in [0.1, 0.15) is 11.7 Å². The largest absolute Gasteiger partial charge is 0.360 e. The topological polar surface area (TPSA) is 42.7 Å². The number of anilines is 1. The fourth-order valence-electron chi connectivity index (χ4n) is 2.85. The first kappa shape index (κ1) is 15.7. The van der Waals surface area contributed by atoms with E-state index < -0.39 is 0 Å². The van der Waals surface area contributed by atoms with Crippen LogP contribution in [0.25, 0.3) is 11.0 Å². The van der Waals surface area contributed by atoms with Gasteiger partial charge in [-0.3, -0.25) is 0 Å². The molecule has 0 bridgehead atoms. The number of nitrogens with zero attached hydrogens (tertiary/aromatic N) is 3. The van der Waals surface area contributed by atoms with Crippen LogP contribution < -0.4 is 5.32 Å². The summed E-state index contributed by atoms with van der Waals surface area (Å²) >= 11 is 6.22. The van der Waals surface area contributed by atoms with Crippen LogP contribution in [0, 0.1) is 6.92 Å². The van der Waals surface area contributed by atoms with Crippen LogP contribution in [-0.4, -0.2) is 15.0 Å². The van der Waals surface area contributed by atoms with E-state index in [1.165, 1.54) is 5.56 Å². The number of hydrogen-bond acceptors (Lipinski definition) is 3. The lowest BCUT2D eigenvalue weighted by Crippen LogP contribution is -2.21. The molecule has 4 aromatic rings. The van der Waals surface area contributed by atoms with E-state index in [0.717, 1.165) is 22.3 Å². The maximum atomic E-state index is 6.22. The zero-order valence-corrected chi connectivity index (χ0v) is 14.5. The number of para-hydroxylation sites is 1. The van der Waals surface area contributed by atoms with Crippen LogP contribution in [0.1, 0.15) is 17.3 Å². The van der Waals surface area contributed by atoms with Crippen molar-refractivity contribution >= 4 is 28.3 Å². The van der Waals surface area contributed by atoms with Crippen LogP contribution in [-0.2, 0) is 0 Å². The Morgan fingerprint density at radius 1 is 0.960 bits per heavy atom. The molecule has 124 valence electrons. The normalized spacial score (nSPS) is 12.2. The second-order valence-corrected chi connectivity index (χ2v) is 6.43. The molecule has 0 saturated heterocycles. The number of fused-ring (bicyclic) bond motifs is 1. The number of aryl methyl sites for hydroxylation is 1. The Morgan fingerprint density at radius 3 is 2.56 bits per heavy atom. The molecule has 4 nitrogen and oxygen atoms in total. The van der Waals surface area contributed by atoms with Gasteiger partial charge in [-0.1, -0.05) is 58.8 Å². The number of halogens is 1. The highest BCUT2D eigenvalue weighted by Gasteiger charge is 2.18. The summed E-state index contributed by atoms with van der Waals surface area (Å²) in [5, 5.41) is 12.9. The molecule has 0 radical (unpaired) electrons. The van der Waals surface area contributed by atoms with Crippen molar-refractivity contribution in [2.24, 2.45) is 0 Å². The molecular weight excluding hydrogens is 332 g/mol. The van der Waals surface area contributed by atoms with E-state index >= 15 is 0 Å². The van der Waals surface area contributed by atoms with Crippen LogP contribution in [0.2, 0.25) is 5.02 Å². The Bertz CT molecular complexity index is 1010. The first-order valence-corrected chi connectivity index (χ1v) is 8.47. The summed E-state index contributed by atoms with van der Waals surface area (Å²) < 4.78 is 1.89. The van der Waals surface area contributed by atoms with Gasteiger partial charge in [0.05, 0.1) is 5.52 Å². The number of benzene rings is 3. The number of rotatable bonds is 4. The third-order valence-corrected chi connectivity index (χ3v) is 4.38. The molecule has 0 aliphatic rings. The van der Waals surface area contributed by atoms with Crippen molar-refractivity contribution in [1.29, 1.82) is 0 Å². The fourth-order valence-corrected chi connectivity index (χ4v) is 3.05. The fraction of sp³-hybridized carbons (Fsp3) is 0.100. The molecule has 1 aromatic heterocycles. The SMILES string of the molecule is Cc1ccc(N[C@@H](c2cccc(Cl)c2)n2nnc3ccccc32)cc1. The zero-order chi connectivity index (χ0) is 17.2. The molecule has 5 heteroatoms. The van der Waals surface area contributed by atoms with Crippen molar-refractivity contribution in [2.75, 3.05) is 5.32 Å². The van der Waals surface area contributed by atoms with Crippen LogP contribution in [0.4, 0.5) is 5.69 Å². The highest BCUT2D eigenvalue weighted by atomic mass is 35.5. The lowest BCUT2D eigenvalue weighted by atomic mass is 10.1. The molecule has 0 spiro atoms. The average molecular weight is 349 g/mol. The lowest BCUT2D eigenvalue weighted by molar-refractivity contribution is 0.571. The number of aromatic nitrogens is 3. The quantitative estimate of drug-likeness (QED) is 0.561. The molecule has 0 amide bonds. The standard InChI is InChI=1S/C20H17ClN4/c1-14-9-11-17(12-10-14)22-20(15-5-4-6-16(21)13-15)25-19-8-3-2-7-18(19)23-24-25/h2-13,20,22H,1H3/t20-/m1/s1. The molecule has 1 N–H and O–H groups in total. The van der Waals surface area contributed by atoms with Gasteiger partial charge in [-0.15, -0.1) is 5.10 Å². The van der Waals surface area contributed by atoms with Crippen molar-refractivity contribution in [1.82, 2.24) is 15.0 Å². The predicted octanol–water partition coefficient (Wildman–Crippen LogP) is 5.05. The highest BCUT2D eigenvalue weighted by Crippen LogP contribution is 2.26. The van der Waals surface area contributed by atoms with Crippen LogP contribution in [0.5, 0.6) is 0 Å². The summed E-state index contributed by atoms with van der Waals surface area (Å²) in [4.78, 5) is 0. The molecule has 25 heavy (non-hydrogen) atoms. The Morgan fingerprint density at radius 2 is 1.76 bits per heavy atom. The molecule has 1 heterocycles. The Hall–Kier alpha value is -2.85. The predicted molar refractivity (Wildman–Crippen MR) is 102 cm³/mol. The molecule has 0 aliphatic heterocycles. The minimum Gasteiger partial charge on any atom is -0.360 e. The van der Waals surface area contributed by atoms with Gasteiger partial charge in [-0.05, 0) is 48.9 Å². The van der Waals surface area contributed by atoms with E-state index in [9.17, 15) is 0 Å². The number of nitrogens with one attached hydrogen (secondary N) is 1. The first-order valence-electron chi connectivity index (χ1n) is 8.09. The molecule has 3 aromatic carbocycles. The monoisotopic (exact) mass is 348 g/mol. The van der Waals surface area contributed by atoms with E-state index in [1.807, 2.05) is 53.2 Å². The Balaban J connectivity index is 1.82. The third-order valence-electron chi connectivity index (χ3n) is 4.14. The van der Waals surface area contributed by atoms with E-state index in [2.05, 4.69) is 46.8 Å². The van der Waals surface area contributed by atoms with Gasteiger partial charge >= 0.3 is 0 Å². The Kier molecular flexibility index (Phi) is 4.12. The average Bonchev–Trinajstić information content (AvgIpc) is 3.05. The minimum absolute atomic E-state index is 0.214. The third kappa shape index (κ3) is 3.21. The highest BCUT2D eigenvalue weighted by molar-refractivity contribution is 6.30. The number of hydrogen-bond donors (Lipinski definition) is 1. The van der Waals surface area contributed by atoms with Crippen LogP contribution in [0.15, 0.2) is 72.8 Å². The first-order chi connectivity index (χ1) is 12.2. The maximum absolute atomic E-state index is 6.22. The molecular formula is C20H17ClN4. The minimum atomic E-state index is -0.214. The van der Waals surface area contributed by atoms with Gasteiger partial charge in [-0.2, -0.15) is 0 Å². The summed E-state index contributed by atoms with van der Waals surface area (Å²) in [6, 6.07) is 24.0. The summed E-state index contributed by atoms with van der Waals surface area (Å²) in [6.07, 6.45) is -0.214. The van der Waals surface area contributed by atoms with Crippen molar-refractivity contribution in [3.63, 3.8) is 0 Å². The molecule has 0 fully saturated rings. The van der Waals surface area contributed by atoms with E-state index in [4.69, 9.17) is 11.6 Å². The zero-order valence-electron chi connectivity index (χ0n) is 13.7. The van der Waals surface area contributed by atoms with Crippen molar-refractivity contribution in [3.05, 3.63) is 88.9 Å². The van der Waals surface area contributed by atoms with E-state index in [1.54, 1.807) is 0 Å². The molecule has 0 saturated carbocycles. The van der Waals surface area contributed by atoms with Gasteiger partial charge in [0.25, 0.3) is 0 Å². The second-order valence-electron chi connectivity index (χ2n) is 5.99. The Labute approximate surface area is 151 Å². The maximum Gasteiger partial charge on any atom is 0.149 e. The van der Waals surface area contributed by atoms with Gasteiger partial charge in [0, 0.05) is 10.7 Å².